The first-order chi connectivity index (χ1) is 13.6. The predicted octanol–water partition coefficient (Wildman–Crippen LogP) is 2.05. The summed E-state index contributed by atoms with van der Waals surface area (Å²) >= 11 is 0. The van der Waals surface area contributed by atoms with Crippen molar-refractivity contribution in [1.82, 2.24) is 5.06 Å². The van der Waals surface area contributed by atoms with Crippen molar-refractivity contribution < 1.29 is 40.2 Å². The normalized spacial score (nSPS) is 17.9. The maximum atomic E-state index is 12.6. The molecule has 0 radical (unpaired) electrons. The van der Waals surface area contributed by atoms with Crippen molar-refractivity contribution in [1.29, 1.82) is 0 Å². The zero-order valence-corrected chi connectivity index (χ0v) is 15.4. The number of imide groups is 1. The summed E-state index contributed by atoms with van der Waals surface area (Å²) in [6.45, 7) is 2.16. The molecular weight excluding hydrogens is 417 g/mol. The van der Waals surface area contributed by atoms with Crippen LogP contribution in [0.5, 0.6) is 0 Å². The van der Waals surface area contributed by atoms with Gasteiger partial charge in [-0.3, -0.25) is 9.59 Å². The molecule has 0 spiro atoms. The SMILES string of the molecule is O=C1c2cccc3c(N4CCOCC4)ccc(c23)C(=O)N1OS(=O)(=O)C(F)(F)F. The first-order valence-electron chi connectivity index (χ1n) is 8.40. The minimum atomic E-state index is -6.20. The summed E-state index contributed by atoms with van der Waals surface area (Å²) < 4.78 is 69.7. The topological polar surface area (TPSA) is 93.2 Å². The molecule has 0 N–H and O–H groups in total. The predicted molar refractivity (Wildman–Crippen MR) is 93.5 cm³/mol. The molecule has 0 aliphatic carbocycles. The first-order valence-corrected chi connectivity index (χ1v) is 9.81. The second-order valence-corrected chi connectivity index (χ2v) is 7.86. The number of alkyl halides is 3. The summed E-state index contributed by atoms with van der Waals surface area (Å²) in [4.78, 5) is 27.2. The molecule has 0 saturated carbocycles. The summed E-state index contributed by atoms with van der Waals surface area (Å²) in [6, 6.07) is 7.39. The van der Waals surface area contributed by atoms with Crippen LogP contribution in [0.2, 0.25) is 0 Å². The van der Waals surface area contributed by atoms with Crippen LogP contribution in [0.4, 0.5) is 18.9 Å². The van der Waals surface area contributed by atoms with E-state index in [-0.39, 0.29) is 21.6 Å². The Hall–Kier alpha value is -2.70. The molecule has 2 aliphatic rings. The number of hydrogen-bond acceptors (Lipinski definition) is 7. The fourth-order valence-corrected chi connectivity index (χ4v) is 3.76. The summed E-state index contributed by atoms with van der Waals surface area (Å²) in [7, 11) is -6.20. The van der Waals surface area contributed by atoms with E-state index in [0.29, 0.717) is 31.7 Å². The monoisotopic (exact) mass is 430 g/mol. The zero-order valence-electron chi connectivity index (χ0n) is 14.6. The second kappa shape index (κ2) is 6.68. The molecule has 2 amide bonds. The average Bonchev–Trinajstić information content (AvgIpc) is 2.68. The van der Waals surface area contributed by atoms with Crippen molar-refractivity contribution in [2.24, 2.45) is 0 Å². The lowest BCUT2D eigenvalue weighted by Gasteiger charge is -2.32. The van der Waals surface area contributed by atoms with Crippen molar-refractivity contribution in [3.05, 3.63) is 41.5 Å². The highest BCUT2D eigenvalue weighted by molar-refractivity contribution is 7.87. The number of halogens is 3. The molecule has 0 aromatic heterocycles. The Bertz CT molecular complexity index is 1100. The molecule has 4 rings (SSSR count). The first kappa shape index (κ1) is 19.6. The molecule has 12 heteroatoms. The highest BCUT2D eigenvalue weighted by Crippen LogP contribution is 2.37. The van der Waals surface area contributed by atoms with Gasteiger partial charge in [0.25, 0.3) is 11.8 Å². The van der Waals surface area contributed by atoms with Crippen LogP contribution in [0, 0.1) is 0 Å². The molecule has 0 bridgehead atoms. The lowest BCUT2D eigenvalue weighted by molar-refractivity contribution is -0.0761. The Morgan fingerprint density at radius 3 is 2.21 bits per heavy atom. The van der Waals surface area contributed by atoms with Crippen LogP contribution in [0.1, 0.15) is 20.7 Å². The zero-order chi connectivity index (χ0) is 21.0. The van der Waals surface area contributed by atoms with Gasteiger partial charge in [-0.2, -0.15) is 21.6 Å². The maximum absolute atomic E-state index is 12.6. The van der Waals surface area contributed by atoms with E-state index in [0.717, 1.165) is 5.69 Å². The van der Waals surface area contributed by atoms with Crippen molar-refractivity contribution in [3.8, 4) is 0 Å². The Labute approximate surface area is 162 Å². The molecule has 0 unspecified atom stereocenters. The van der Waals surface area contributed by atoms with Crippen LogP contribution in [0.15, 0.2) is 30.3 Å². The maximum Gasteiger partial charge on any atom is 0.525 e. The van der Waals surface area contributed by atoms with Gasteiger partial charge in [0.05, 0.1) is 24.3 Å². The van der Waals surface area contributed by atoms with E-state index in [9.17, 15) is 31.2 Å². The summed E-state index contributed by atoms with van der Waals surface area (Å²) in [5.74, 6) is -2.58. The Kier molecular flexibility index (Phi) is 4.52. The molecular formula is C17H13F3N2O6S. The standard InChI is InChI=1S/C17H13F3N2O6S/c18-17(19,20)29(25,26)28-22-15(23)11-3-1-2-10-13(21-6-8-27-9-7-21)5-4-12(14(10)11)16(22)24/h1-5H,6-9H2. The van der Waals surface area contributed by atoms with Crippen LogP contribution < -0.4 is 4.90 Å². The lowest BCUT2D eigenvalue weighted by atomic mass is 9.93. The molecule has 2 heterocycles. The van der Waals surface area contributed by atoms with Crippen molar-refractivity contribution >= 4 is 38.4 Å². The van der Waals surface area contributed by atoms with E-state index in [1.807, 2.05) is 4.90 Å². The fraction of sp³-hybridized carbons (Fsp3) is 0.294. The summed E-state index contributed by atoms with van der Waals surface area (Å²) in [5, 5.41) is 0.409. The quantitative estimate of drug-likeness (QED) is 0.544. The number of hydrogen-bond donors (Lipinski definition) is 0. The third-order valence-electron chi connectivity index (χ3n) is 4.66. The van der Waals surface area contributed by atoms with Crippen LogP contribution in [-0.4, -0.2) is 57.1 Å². The molecule has 154 valence electrons. The molecule has 8 nitrogen and oxygen atoms in total. The fourth-order valence-electron chi connectivity index (χ4n) is 3.35. The smallest absolute Gasteiger partial charge is 0.378 e. The molecule has 1 saturated heterocycles. The number of morpholine rings is 1. The van der Waals surface area contributed by atoms with Crippen molar-refractivity contribution in [2.75, 3.05) is 31.2 Å². The molecule has 1 fully saturated rings. The molecule has 29 heavy (non-hydrogen) atoms. The lowest BCUT2D eigenvalue weighted by Crippen LogP contribution is -2.44. The van der Waals surface area contributed by atoms with Gasteiger partial charge in [0, 0.05) is 29.5 Å². The molecule has 0 atom stereocenters. The number of hydroxylamine groups is 2. The van der Waals surface area contributed by atoms with Gasteiger partial charge in [0.1, 0.15) is 0 Å². The van der Waals surface area contributed by atoms with Gasteiger partial charge in [-0.15, -0.1) is 9.35 Å². The highest BCUT2D eigenvalue weighted by atomic mass is 32.2. The van der Waals surface area contributed by atoms with Crippen molar-refractivity contribution in [2.45, 2.75) is 5.51 Å². The van der Waals surface area contributed by atoms with Crippen LogP contribution in [0.25, 0.3) is 10.8 Å². The molecule has 2 aromatic rings. The van der Waals surface area contributed by atoms with Crippen molar-refractivity contribution in [3.63, 3.8) is 0 Å². The number of nitrogens with zero attached hydrogens (tertiary/aromatic N) is 2. The minimum absolute atomic E-state index is 0.135. The average molecular weight is 430 g/mol. The van der Waals surface area contributed by atoms with Gasteiger partial charge in [-0.05, 0) is 18.2 Å². The van der Waals surface area contributed by atoms with Crippen LogP contribution >= 0.6 is 0 Å². The number of amides is 2. The van der Waals surface area contributed by atoms with Gasteiger partial charge in [0.2, 0.25) is 0 Å². The van der Waals surface area contributed by atoms with Gasteiger partial charge < -0.3 is 9.64 Å². The van der Waals surface area contributed by atoms with Gasteiger partial charge in [-0.25, -0.2) is 0 Å². The van der Waals surface area contributed by atoms with Gasteiger partial charge in [0.15, 0.2) is 0 Å². The van der Waals surface area contributed by atoms with E-state index in [1.165, 1.54) is 18.2 Å². The molecule has 2 aliphatic heterocycles. The van der Waals surface area contributed by atoms with E-state index in [2.05, 4.69) is 4.28 Å². The van der Waals surface area contributed by atoms with Crippen LogP contribution in [-0.2, 0) is 19.1 Å². The summed E-state index contributed by atoms with van der Waals surface area (Å²) in [6.07, 6.45) is 0. The van der Waals surface area contributed by atoms with Gasteiger partial charge in [-0.1, -0.05) is 12.1 Å². The Morgan fingerprint density at radius 2 is 1.59 bits per heavy atom. The van der Waals surface area contributed by atoms with E-state index in [4.69, 9.17) is 4.74 Å². The second-order valence-electron chi connectivity index (χ2n) is 6.34. The number of rotatable bonds is 3. The highest BCUT2D eigenvalue weighted by Gasteiger charge is 2.51. The van der Waals surface area contributed by atoms with Gasteiger partial charge >= 0.3 is 15.6 Å². The van der Waals surface area contributed by atoms with E-state index < -0.39 is 27.4 Å². The minimum Gasteiger partial charge on any atom is -0.378 e. The number of benzene rings is 2. The Balaban J connectivity index is 1.82. The van der Waals surface area contributed by atoms with Crippen LogP contribution in [0.3, 0.4) is 0 Å². The Morgan fingerprint density at radius 1 is 0.966 bits per heavy atom. The third-order valence-corrected chi connectivity index (χ3v) is 5.57. The molecule has 2 aromatic carbocycles. The van der Waals surface area contributed by atoms with E-state index in [1.54, 1.807) is 12.1 Å². The summed E-state index contributed by atoms with van der Waals surface area (Å²) in [5.41, 5.74) is -5.33. The number of carbonyl (C=O) groups excluding carboxylic acids is 2. The number of ether oxygens (including phenoxy) is 1. The van der Waals surface area contributed by atoms with E-state index >= 15 is 0 Å². The third kappa shape index (κ3) is 3.12. The number of anilines is 1. The largest absolute Gasteiger partial charge is 0.525 e. The number of carbonyl (C=O) groups is 2.